The van der Waals surface area contributed by atoms with Gasteiger partial charge in [-0.05, 0) is 18.9 Å². The van der Waals surface area contributed by atoms with Crippen molar-refractivity contribution in [2.45, 2.75) is 25.9 Å². The van der Waals surface area contributed by atoms with Crippen molar-refractivity contribution < 1.29 is 0 Å². The Labute approximate surface area is 112 Å². The highest BCUT2D eigenvalue weighted by Crippen LogP contribution is 2.10. The number of hydrogen-bond acceptors (Lipinski definition) is 4. The maximum Gasteiger partial charge on any atom is 0.107 e. The summed E-state index contributed by atoms with van der Waals surface area (Å²) in [6.07, 6.45) is 2.82. The maximum absolute atomic E-state index is 6.10. The Balaban J connectivity index is 1.70. The Bertz CT molecular complexity index is 467. The minimum atomic E-state index is 0.147. The number of nitrogens with one attached hydrogen (secondary N) is 1. The van der Waals surface area contributed by atoms with Crippen LogP contribution < -0.4 is 11.1 Å². The normalized spacial score (nSPS) is 12.6. The van der Waals surface area contributed by atoms with Gasteiger partial charge in [-0.3, -0.25) is 0 Å². The quantitative estimate of drug-likeness (QED) is 0.837. The smallest absolute Gasteiger partial charge is 0.107 e. The van der Waals surface area contributed by atoms with Crippen molar-refractivity contribution in [3.8, 4) is 0 Å². The monoisotopic (exact) mass is 261 g/mol. The summed E-state index contributed by atoms with van der Waals surface area (Å²) in [6.45, 7) is 3.69. The molecule has 96 valence electrons. The number of aryl methyl sites for hydroxylation is 1. The van der Waals surface area contributed by atoms with Gasteiger partial charge in [0, 0.05) is 30.2 Å². The second-order valence-electron chi connectivity index (χ2n) is 4.45. The van der Waals surface area contributed by atoms with Gasteiger partial charge in [-0.1, -0.05) is 30.3 Å². The van der Waals surface area contributed by atoms with Crippen molar-refractivity contribution in [3.05, 3.63) is 52.0 Å². The number of rotatable bonds is 6. The Morgan fingerprint density at radius 3 is 2.78 bits per heavy atom. The molecule has 1 heterocycles. The fourth-order valence-corrected chi connectivity index (χ4v) is 2.59. The molecule has 0 aliphatic rings. The van der Waals surface area contributed by atoms with Crippen LogP contribution >= 0.6 is 11.3 Å². The van der Waals surface area contributed by atoms with Crippen LogP contribution in [0.15, 0.2) is 36.5 Å². The molecule has 0 saturated carbocycles. The summed E-state index contributed by atoms with van der Waals surface area (Å²) >= 11 is 1.73. The summed E-state index contributed by atoms with van der Waals surface area (Å²) < 4.78 is 0. The van der Waals surface area contributed by atoms with E-state index in [-0.39, 0.29) is 6.04 Å². The molecule has 3 N–H and O–H groups in total. The van der Waals surface area contributed by atoms with Crippen molar-refractivity contribution >= 4 is 11.3 Å². The van der Waals surface area contributed by atoms with Gasteiger partial charge in [0.05, 0.1) is 0 Å². The topological polar surface area (TPSA) is 50.9 Å². The molecule has 0 saturated heterocycles. The highest BCUT2D eigenvalue weighted by atomic mass is 32.1. The highest BCUT2D eigenvalue weighted by Gasteiger charge is 2.04. The van der Waals surface area contributed by atoms with Crippen LogP contribution in [0.1, 0.15) is 15.4 Å². The lowest BCUT2D eigenvalue weighted by Gasteiger charge is -2.12. The minimum Gasteiger partial charge on any atom is -0.326 e. The number of thiazole rings is 1. The number of nitrogens with two attached hydrogens (primary N) is 1. The van der Waals surface area contributed by atoms with Crippen LogP contribution in [-0.2, 0) is 13.0 Å². The molecule has 0 aliphatic carbocycles. The van der Waals surface area contributed by atoms with Gasteiger partial charge in [0.15, 0.2) is 0 Å². The van der Waals surface area contributed by atoms with E-state index in [0.717, 1.165) is 24.5 Å². The van der Waals surface area contributed by atoms with Gasteiger partial charge in [-0.2, -0.15) is 0 Å². The van der Waals surface area contributed by atoms with E-state index in [1.807, 2.05) is 24.4 Å². The van der Waals surface area contributed by atoms with Crippen molar-refractivity contribution in [1.82, 2.24) is 10.3 Å². The first-order valence-electron chi connectivity index (χ1n) is 6.15. The molecule has 0 aliphatic heterocycles. The Hall–Kier alpha value is -1.23. The Morgan fingerprint density at radius 1 is 1.33 bits per heavy atom. The largest absolute Gasteiger partial charge is 0.326 e. The average molecular weight is 261 g/mol. The molecule has 0 radical (unpaired) electrons. The van der Waals surface area contributed by atoms with Gasteiger partial charge in [-0.25, -0.2) is 4.98 Å². The van der Waals surface area contributed by atoms with E-state index in [4.69, 9.17) is 5.73 Å². The predicted octanol–water partition coefficient (Wildman–Crippen LogP) is 2.11. The molecule has 2 aromatic rings. The molecule has 2 rings (SSSR count). The summed E-state index contributed by atoms with van der Waals surface area (Å²) in [6, 6.07) is 10.5. The van der Waals surface area contributed by atoms with Gasteiger partial charge < -0.3 is 11.1 Å². The molecule has 1 unspecified atom stereocenters. The highest BCUT2D eigenvalue weighted by molar-refractivity contribution is 7.11. The SMILES string of the molecule is Cc1cnc(CNCC(N)Cc2ccccc2)s1. The van der Waals surface area contributed by atoms with Crippen LogP contribution in [0.25, 0.3) is 0 Å². The van der Waals surface area contributed by atoms with Gasteiger partial charge in [0.1, 0.15) is 5.01 Å². The maximum atomic E-state index is 6.10. The van der Waals surface area contributed by atoms with Crippen molar-refractivity contribution in [1.29, 1.82) is 0 Å². The molecule has 0 fully saturated rings. The zero-order valence-electron chi connectivity index (χ0n) is 10.6. The molecular formula is C14H19N3S. The van der Waals surface area contributed by atoms with E-state index in [9.17, 15) is 0 Å². The molecule has 0 spiro atoms. The van der Waals surface area contributed by atoms with Crippen LogP contribution in [0.5, 0.6) is 0 Å². The van der Waals surface area contributed by atoms with Crippen molar-refractivity contribution in [2.75, 3.05) is 6.54 Å². The first-order valence-corrected chi connectivity index (χ1v) is 6.97. The molecule has 1 aromatic heterocycles. The second-order valence-corrected chi connectivity index (χ2v) is 5.76. The van der Waals surface area contributed by atoms with E-state index in [1.165, 1.54) is 10.4 Å². The van der Waals surface area contributed by atoms with Gasteiger partial charge >= 0.3 is 0 Å². The summed E-state index contributed by atoms with van der Waals surface area (Å²) in [4.78, 5) is 5.56. The van der Waals surface area contributed by atoms with Crippen LogP contribution in [0.3, 0.4) is 0 Å². The average Bonchev–Trinajstić information content (AvgIpc) is 2.76. The molecular weight excluding hydrogens is 242 g/mol. The first-order chi connectivity index (χ1) is 8.74. The molecule has 0 amide bonds. The third kappa shape index (κ3) is 4.22. The van der Waals surface area contributed by atoms with E-state index in [2.05, 4.69) is 29.4 Å². The predicted molar refractivity (Wildman–Crippen MR) is 76.7 cm³/mol. The van der Waals surface area contributed by atoms with Gasteiger partial charge in [-0.15, -0.1) is 11.3 Å². The molecule has 3 nitrogen and oxygen atoms in total. The molecule has 0 bridgehead atoms. The summed E-state index contributed by atoms with van der Waals surface area (Å²) in [5.41, 5.74) is 7.38. The van der Waals surface area contributed by atoms with Crippen molar-refractivity contribution in [3.63, 3.8) is 0 Å². The number of nitrogens with zero attached hydrogens (tertiary/aromatic N) is 1. The lowest BCUT2D eigenvalue weighted by molar-refractivity contribution is 0.572. The van der Waals surface area contributed by atoms with Crippen LogP contribution in [-0.4, -0.2) is 17.6 Å². The zero-order chi connectivity index (χ0) is 12.8. The molecule has 1 aromatic carbocycles. The van der Waals surface area contributed by atoms with Crippen LogP contribution in [0.2, 0.25) is 0 Å². The third-order valence-corrected chi connectivity index (χ3v) is 3.61. The van der Waals surface area contributed by atoms with Crippen LogP contribution in [0.4, 0.5) is 0 Å². The van der Waals surface area contributed by atoms with Gasteiger partial charge in [0.25, 0.3) is 0 Å². The molecule has 1 atom stereocenters. The fraction of sp³-hybridized carbons (Fsp3) is 0.357. The van der Waals surface area contributed by atoms with Crippen molar-refractivity contribution in [2.24, 2.45) is 5.73 Å². The lowest BCUT2D eigenvalue weighted by atomic mass is 10.1. The van der Waals surface area contributed by atoms with E-state index in [0.29, 0.717) is 0 Å². The van der Waals surface area contributed by atoms with E-state index in [1.54, 1.807) is 11.3 Å². The summed E-state index contributed by atoms with van der Waals surface area (Å²) in [5, 5.41) is 4.48. The second kappa shape index (κ2) is 6.64. The summed E-state index contributed by atoms with van der Waals surface area (Å²) in [5.74, 6) is 0. The Morgan fingerprint density at radius 2 is 2.11 bits per heavy atom. The summed E-state index contributed by atoms with van der Waals surface area (Å²) in [7, 11) is 0. The van der Waals surface area contributed by atoms with E-state index < -0.39 is 0 Å². The number of benzene rings is 1. The van der Waals surface area contributed by atoms with E-state index >= 15 is 0 Å². The Kier molecular flexibility index (Phi) is 4.87. The fourth-order valence-electron chi connectivity index (χ4n) is 1.84. The molecule has 18 heavy (non-hydrogen) atoms. The number of aromatic nitrogens is 1. The van der Waals surface area contributed by atoms with Crippen LogP contribution in [0, 0.1) is 6.92 Å². The number of hydrogen-bond donors (Lipinski definition) is 2. The lowest BCUT2D eigenvalue weighted by Crippen LogP contribution is -2.35. The molecule has 4 heteroatoms. The minimum absolute atomic E-state index is 0.147. The third-order valence-electron chi connectivity index (χ3n) is 2.69. The zero-order valence-corrected chi connectivity index (χ0v) is 11.4. The first kappa shape index (κ1) is 13.2. The standard InChI is InChI=1S/C14H19N3S/c1-11-8-17-14(18-11)10-16-9-13(15)7-12-5-3-2-4-6-12/h2-6,8,13,16H,7,9-10,15H2,1H3. The van der Waals surface area contributed by atoms with Gasteiger partial charge in [0.2, 0.25) is 0 Å².